The molecule has 0 aliphatic carbocycles. The van der Waals surface area contributed by atoms with Crippen LogP contribution in [-0.2, 0) is 12.4 Å². The number of piperazine rings is 3. The van der Waals surface area contributed by atoms with Crippen LogP contribution in [0.5, 0.6) is 0 Å². The van der Waals surface area contributed by atoms with Crippen molar-refractivity contribution in [3.63, 3.8) is 0 Å². The maximum Gasteiger partial charge on any atom is 0.129 e. The highest BCUT2D eigenvalue weighted by atomic mass is 35.5. The summed E-state index contributed by atoms with van der Waals surface area (Å²) in [5, 5.41) is 0. The molecule has 19 heavy (non-hydrogen) atoms. The van der Waals surface area contributed by atoms with E-state index in [1.807, 2.05) is 0 Å². The Morgan fingerprint density at radius 3 is 1.79 bits per heavy atom. The van der Waals surface area contributed by atoms with Crippen LogP contribution in [0.4, 0.5) is 0 Å². The van der Waals surface area contributed by atoms with Crippen LogP contribution in [0.3, 0.4) is 0 Å². The molecular weight excluding hydrogens is 256 g/mol. The van der Waals surface area contributed by atoms with Crippen LogP contribution in [0.25, 0.3) is 0 Å². The van der Waals surface area contributed by atoms with Gasteiger partial charge in [0, 0.05) is 11.4 Å². The molecule has 0 amide bonds. The average molecular weight is 281 g/mol. The number of rotatable bonds is 4. The smallest absolute Gasteiger partial charge is 0.129 e. The summed E-state index contributed by atoms with van der Waals surface area (Å²) in [5.41, 5.74) is 2.71. The summed E-state index contributed by atoms with van der Waals surface area (Å²) in [5.74, 6) is 0.622. The van der Waals surface area contributed by atoms with Gasteiger partial charge in [0.15, 0.2) is 0 Å². The first-order chi connectivity index (χ1) is 9.19. The Labute approximate surface area is 121 Å². The van der Waals surface area contributed by atoms with Crippen molar-refractivity contribution in [2.75, 3.05) is 45.8 Å². The number of likely N-dealkylation sites (N-methyl/N-ethyl adjacent to an activating group) is 1. The summed E-state index contributed by atoms with van der Waals surface area (Å²) in [7, 11) is 0. The Morgan fingerprint density at radius 1 is 0.842 bits per heavy atom. The highest BCUT2D eigenvalue weighted by Gasteiger charge is 2.47. The van der Waals surface area contributed by atoms with Gasteiger partial charge in [-0.2, -0.15) is 0 Å². The zero-order chi connectivity index (χ0) is 13.3. The van der Waals surface area contributed by atoms with E-state index in [4.69, 9.17) is 11.6 Å². The molecule has 0 atom stereocenters. The second-order valence-corrected chi connectivity index (χ2v) is 6.72. The van der Waals surface area contributed by atoms with Crippen LogP contribution < -0.4 is 0 Å². The largest absolute Gasteiger partial charge is 0.310 e. The van der Waals surface area contributed by atoms with Crippen molar-refractivity contribution in [2.24, 2.45) is 0 Å². The summed E-state index contributed by atoms with van der Waals surface area (Å²) in [6.45, 7) is 13.1. The van der Waals surface area contributed by atoms with Gasteiger partial charge in [0.2, 0.25) is 0 Å². The molecule has 3 saturated heterocycles. The lowest BCUT2D eigenvalue weighted by Gasteiger charge is -2.55. The van der Waals surface area contributed by atoms with Crippen LogP contribution in [0.15, 0.2) is 24.3 Å². The number of alkyl halides is 1. The lowest BCUT2D eigenvalue weighted by Crippen LogP contribution is -2.74. The topological polar surface area (TPSA) is 0 Å². The van der Waals surface area contributed by atoms with Crippen molar-refractivity contribution < 1.29 is 8.97 Å². The molecule has 2 bridgehead atoms. The first-order valence-electron chi connectivity index (χ1n) is 7.53. The molecule has 3 heteroatoms. The molecule has 3 fully saturated rings. The third kappa shape index (κ3) is 2.54. The predicted octanol–water partition coefficient (Wildman–Crippen LogP) is 2.61. The van der Waals surface area contributed by atoms with E-state index in [1.54, 1.807) is 0 Å². The molecule has 0 unspecified atom stereocenters. The quantitative estimate of drug-likeness (QED) is 0.588. The molecule has 3 heterocycles. The fraction of sp³-hybridized carbons (Fsp3) is 0.625. The van der Waals surface area contributed by atoms with Crippen molar-refractivity contribution in [3.8, 4) is 0 Å². The highest BCUT2D eigenvalue weighted by Crippen LogP contribution is 2.28. The van der Waals surface area contributed by atoms with Gasteiger partial charge < -0.3 is 8.97 Å². The Balaban J connectivity index is 1.70. The van der Waals surface area contributed by atoms with Gasteiger partial charge in [-0.05, 0) is 12.5 Å². The number of nitrogens with zero attached hydrogens (tertiary/aromatic N) is 2. The van der Waals surface area contributed by atoms with Crippen molar-refractivity contribution in [2.45, 2.75) is 19.3 Å². The fourth-order valence-electron chi connectivity index (χ4n) is 3.78. The van der Waals surface area contributed by atoms with E-state index in [-0.39, 0.29) is 0 Å². The predicted molar refractivity (Wildman–Crippen MR) is 80.0 cm³/mol. The van der Waals surface area contributed by atoms with Gasteiger partial charge in [0.05, 0.1) is 6.54 Å². The minimum absolute atomic E-state index is 0.622. The van der Waals surface area contributed by atoms with Crippen LogP contribution in [0, 0.1) is 0 Å². The van der Waals surface area contributed by atoms with Crippen molar-refractivity contribution in [1.29, 1.82) is 0 Å². The number of fused-ring (bicyclic) bond motifs is 3. The fourth-order valence-corrected chi connectivity index (χ4v) is 3.95. The Kier molecular flexibility index (Phi) is 3.59. The van der Waals surface area contributed by atoms with E-state index >= 15 is 0 Å². The van der Waals surface area contributed by atoms with Crippen molar-refractivity contribution >= 4 is 11.6 Å². The maximum atomic E-state index is 5.86. The molecule has 0 saturated carbocycles. The van der Waals surface area contributed by atoms with E-state index in [1.165, 1.54) is 72.5 Å². The Bertz CT molecular complexity index is 416. The molecule has 3 aliphatic rings. The van der Waals surface area contributed by atoms with E-state index < -0.39 is 0 Å². The second kappa shape index (κ2) is 5.08. The molecule has 2 nitrogen and oxygen atoms in total. The van der Waals surface area contributed by atoms with Crippen LogP contribution >= 0.6 is 11.6 Å². The van der Waals surface area contributed by atoms with E-state index in [0.29, 0.717) is 5.88 Å². The zero-order valence-electron chi connectivity index (χ0n) is 11.9. The maximum absolute atomic E-state index is 5.86. The summed E-state index contributed by atoms with van der Waals surface area (Å²) in [4.78, 5) is 0. The number of hydrogen-bond acceptors (Lipinski definition) is 0. The van der Waals surface area contributed by atoms with Gasteiger partial charge in [0.25, 0.3) is 0 Å². The minimum atomic E-state index is 0.622. The third-order valence-electron chi connectivity index (χ3n) is 5.51. The number of quaternary nitrogens is 2. The van der Waals surface area contributed by atoms with E-state index in [0.717, 1.165) is 0 Å². The lowest BCUT2D eigenvalue weighted by molar-refractivity contribution is -1.09. The Morgan fingerprint density at radius 2 is 1.32 bits per heavy atom. The summed E-state index contributed by atoms with van der Waals surface area (Å²) in [6, 6.07) is 8.91. The van der Waals surface area contributed by atoms with Crippen LogP contribution in [0.2, 0.25) is 0 Å². The van der Waals surface area contributed by atoms with Crippen LogP contribution in [0.1, 0.15) is 18.1 Å². The van der Waals surface area contributed by atoms with Gasteiger partial charge in [-0.25, -0.2) is 0 Å². The molecule has 0 N–H and O–H groups in total. The van der Waals surface area contributed by atoms with Crippen molar-refractivity contribution in [3.05, 3.63) is 35.4 Å². The number of halogens is 1. The second-order valence-electron chi connectivity index (χ2n) is 6.45. The normalized spacial score (nSPS) is 33.6. The SMILES string of the molecule is CC[N+]12CC[N+](Cc3ccc(CCl)cc3)(CC1)CC2. The van der Waals surface area contributed by atoms with Gasteiger partial charge in [-0.3, -0.25) is 0 Å². The number of benzene rings is 1. The molecule has 0 spiro atoms. The van der Waals surface area contributed by atoms with Gasteiger partial charge in [0.1, 0.15) is 45.8 Å². The standard InChI is InChI=1S/C16H25ClN2/c1-2-18-7-10-19(11-8-18,12-9-18)14-16-5-3-15(13-17)4-6-16/h3-6H,2,7-14H2,1H3/q+2. The summed E-state index contributed by atoms with van der Waals surface area (Å²) >= 11 is 5.86. The lowest BCUT2D eigenvalue weighted by atomic mass is 10.0. The van der Waals surface area contributed by atoms with Crippen LogP contribution in [-0.4, -0.2) is 54.8 Å². The molecular formula is C16H25ClN2+2. The highest BCUT2D eigenvalue weighted by molar-refractivity contribution is 6.17. The minimum Gasteiger partial charge on any atom is -0.310 e. The molecule has 0 aromatic heterocycles. The van der Waals surface area contributed by atoms with Crippen molar-refractivity contribution in [1.82, 2.24) is 0 Å². The van der Waals surface area contributed by atoms with E-state index in [9.17, 15) is 0 Å². The van der Waals surface area contributed by atoms with E-state index in [2.05, 4.69) is 31.2 Å². The van der Waals surface area contributed by atoms with Gasteiger partial charge >= 0.3 is 0 Å². The monoisotopic (exact) mass is 280 g/mol. The molecule has 1 aromatic rings. The zero-order valence-corrected chi connectivity index (χ0v) is 12.7. The number of hydrogen-bond donors (Lipinski definition) is 0. The average Bonchev–Trinajstić information content (AvgIpc) is 2.50. The molecule has 3 aliphatic heterocycles. The Hall–Kier alpha value is -0.570. The summed E-state index contributed by atoms with van der Waals surface area (Å²) < 4.78 is 2.70. The van der Waals surface area contributed by atoms with Gasteiger partial charge in [-0.15, -0.1) is 11.6 Å². The molecule has 0 radical (unpaired) electrons. The van der Waals surface area contributed by atoms with Gasteiger partial charge in [-0.1, -0.05) is 24.3 Å². The summed E-state index contributed by atoms with van der Waals surface area (Å²) in [6.07, 6.45) is 0. The third-order valence-corrected chi connectivity index (χ3v) is 5.82. The molecule has 4 rings (SSSR count). The first kappa shape index (κ1) is 13.4. The molecule has 1 aromatic carbocycles. The molecule has 104 valence electrons. The first-order valence-corrected chi connectivity index (χ1v) is 8.07.